The highest BCUT2D eigenvalue weighted by atomic mass is 35.5. The number of nitrogens with zero attached hydrogens (tertiary/aromatic N) is 2. The lowest BCUT2D eigenvalue weighted by atomic mass is 10.2. The zero-order chi connectivity index (χ0) is 16.8. The maximum absolute atomic E-state index is 12.0. The van der Waals surface area contributed by atoms with Gasteiger partial charge in [-0.3, -0.25) is 4.79 Å². The molecule has 1 aromatic carbocycles. The Bertz CT molecular complexity index is 752. The number of unbranched alkanes of at least 4 members (excludes halogenated alkanes) is 1. The molecule has 2 rings (SSSR count). The molecule has 1 heterocycles. The van der Waals surface area contributed by atoms with Crippen molar-refractivity contribution < 1.29 is 9.53 Å². The number of ether oxygens (including phenoxy) is 1. The summed E-state index contributed by atoms with van der Waals surface area (Å²) >= 11 is 13.9. The van der Waals surface area contributed by atoms with Crippen LogP contribution in [0.3, 0.4) is 0 Å². The molecule has 126 valence electrons. The van der Waals surface area contributed by atoms with Gasteiger partial charge >= 0.3 is 0 Å². The fourth-order valence-corrected chi connectivity index (χ4v) is 3.74. The zero-order valence-corrected chi connectivity index (χ0v) is 15.6. The van der Waals surface area contributed by atoms with Crippen molar-refractivity contribution in [3.8, 4) is 0 Å². The van der Waals surface area contributed by atoms with Gasteiger partial charge in [-0.1, -0.05) is 47.9 Å². The number of hydrogen-bond acceptors (Lipinski definition) is 3. The van der Waals surface area contributed by atoms with Crippen LogP contribution in [-0.2, 0) is 16.1 Å². The first-order valence-electron chi connectivity index (χ1n) is 7.71. The second kappa shape index (κ2) is 8.83. The molecule has 1 aromatic heterocycles. The molecule has 0 aliphatic carbocycles. The van der Waals surface area contributed by atoms with Crippen LogP contribution in [-0.4, -0.2) is 23.7 Å². The van der Waals surface area contributed by atoms with Crippen LogP contribution in [0.15, 0.2) is 17.1 Å². The standard InChI is InChI=1S/C16H20Cl2N2O2S/c1-3-5-6-13(21)19-16-20(9-10-22-4-2)15-12(23-16)8-7-11(17)14(15)18/h7-8H,3-6,9-10H2,1-2H3. The molecule has 0 saturated heterocycles. The van der Waals surface area contributed by atoms with Crippen LogP contribution in [0.5, 0.6) is 0 Å². The Morgan fingerprint density at radius 2 is 2.13 bits per heavy atom. The van der Waals surface area contributed by atoms with E-state index in [1.807, 2.05) is 17.6 Å². The molecule has 2 aromatic rings. The number of hydrogen-bond donors (Lipinski definition) is 0. The van der Waals surface area contributed by atoms with Crippen molar-refractivity contribution in [3.05, 3.63) is 27.0 Å². The van der Waals surface area contributed by atoms with E-state index in [1.165, 1.54) is 11.3 Å². The quantitative estimate of drug-likeness (QED) is 0.661. The Balaban J connectivity index is 2.49. The van der Waals surface area contributed by atoms with Crippen molar-refractivity contribution in [1.29, 1.82) is 0 Å². The van der Waals surface area contributed by atoms with Gasteiger partial charge in [0.15, 0.2) is 4.80 Å². The highest BCUT2D eigenvalue weighted by Crippen LogP contribution is 2.32. The topological polar surface area (TPSA) is 43.6 Å². The SMILES string of the molecule is CCCCC(=O)N=c1sc2ccc(Cl)c(Cl)c2n1CCOCC. The predicted molar refractivity (Wildman–Crippen MR) is 96.4 cm³/mol. The molecule has 0 bridgehead atoms. The summed E-state index contributed by atoms with van der Waals surface area (Å²) in [4.78, 5) is 16.9. The summed E-state index contributed by atoms with van der Waals surface area (Å²) in [5.41, 5.74) is 0.811. The molecule has 0 radical (unpaired) electrons. The number of aromatic nitrogens is 1. The van der Waals surface area contributed by atoms with E-state index in [0.29, 0.717) is 41.0 Å². The van der Waals surface area contributed by atoms with Crippen molar-refractivity contribution in [2.75, 3.05) is 13.2 Å². The zero-order valence-electron chi connectivity index (χ0n) is 13.3. The van der Waals surface area contributed by atoms with Gasteiger partial charge in [0.1, 0.15) is 0 Å². The Kier molecular flexibility index (Phi) is 7.09. The fourth-order valence-electron chi connectivity index (χ4n) is 2.19. The lowest BCUT2D eigenvalue weighted by molar-refractivity contribution is -0.118. The number of halogens is 2. The third-order valence-electron chi connectivity index (χ3n) is 3.36. The lowest BCUT2D eigenvalue weighted by Crippen LogP contribution is -2.19. The summed E-state index contributed by atoms with van der Waals surface area (Å²) in [6.07, 6.45) is 2.28. The van der Waals surface area contributed by atoms with Crippen LogP contribution in [0.2, 0.25) is 10.0 Å². The van der Waals surface area contributed by atoms with Crippen molar-refractivity contribution >= 4 is 50.7 Å². The van der Waals surface area contributed by atoms with E-state index in [9.17, 15) is 4.79 Å². The van der Waals surface area contributed by atoms with Crippen LogP contribution in [0.4, 0.5) is 0 Å². The molecule has 1 amide bonds. The lowest BCUT2D eigenvalue weighted by Gasteiger charge is -2.07. The molecule has 0 unspecified atom stereocenters. The van der Waals surface area contributed by atoms with Gasteiger partial charge in [-0.2, -0.15) is 4.99 Å². The van der Waals surface area contributed by atoms with E-state index in [0.717, 1.165) is 23.1 Å². The van der Waals surface area contributed by atoms with Crippen LogP contribution in [0.1, 0.15) is 33.1 Å². The molecule has 0 spiro atoms. The van der Waals surface area contributed by atoms with E-state index in [2.05, 4.69) is 11.9 Å². The average Bonchev–Trinajstić information content (AvgIpc) is 2.87. The van der Waals surface area contributed by atoms with E-state index < -0.39 is 0 Å². The number of benzene rings is 1. The Hall–Kier alpha value is -0.880. The van der Waals surface area contributed by atoms with Gasteiger partial charge in [0, 0.05) is 19.6 Å². The summed E-state index contributed by atoms with van der Waals surface area (Å²) in [7, 11) is 0. The Morgan fingerprint density at radius 1 is 1.35 bits per heavy atom. The number of carbonyl (C=O) groups excluding carboxylic acids is 1. The Labute approximate surface area is 149 Å². The molecule has 0 fully saturated rings. The van der Waals surface area contributed by atoms with Crippen molar-refractivity contribution in [2.45, 2.75) is 39.7 Å². The number of fused-ring (bicyclic) bond motifs is 1. The molecule has 0 N–H and O–H groups in total. The van der Waals surface area contributed by atoms with Crippen LogP contribution < -0.4 is 4.80 Å². The third kappa shape index (κ3) is 4.57. The van der Waals surface area contributed by atoms with Crippen molar-refractivity contribution in [1.82, 2.24) is 4.57 Å². The van der Waals surface area contributed by atoms with Gasteiger partial charge < -0.3 is 9.30 Å². The molecule has 0 saturated carbocycles. The Morgan fingerprint density at radius 3 is 2.83 bits per heavy atom. The van der Waals surface area contributed by atoms with Crippen molar-refractivity contribution in [3.63, 3.8) is 0 Å². The first-order valence-corrected chi connectivity index (χ1v) is 9.28. The highest BCUT2D eigenvalue weighted by molar-refractivity contribution is 7.16. The van der Waals surface area contributed by atoms with Gasteiger partial charge in [-0.05, 0) is 25.5 Å². The molecule has 0 atom stereocenters. The molecule has 23 heavy (non-hydrogen) atoms. The maximum Gasteiger partial charge on any atom is 0.248 e. The number of amides is 1. The minimum atomic E-state index is -0.106. The van der Waals surface area contributed by atoms with E-state index in [1.54, 1.807) is 6.07 Å². The average molecular weight is 375 g/mol. The number of carbonyl (C=O) groups is 1. The smallest absolute Gasteiger partial charge is 0.248 e. The summed E-state index contributed by atoms with van der Waals surface area (Å²) < 4.78 is 8.31. The second-order valence-electron chi connectivity index (χ2n) is 5.05. The summed E-state index contributed by atoms with van der Waals surface area (Å²) in [5, 5.41) is 0.977. The van der Waals surface area contributed by atoms with Crippen LogP contribution in [0, 0.1) is 0 Å². The normalized spacial score (nSPS) is 12.3. The van der Waals surface area contributed by atoms with Gasteiger partial charge in [0.25, 0.3) is 0 Å². The highest BCUT2D eigenvalue weighted by Gasteiger charge is 2.13. The van der Waals surface area contributed by atoms with E-state index in [-0.39, 0.29) is 5.91 Å². The first-order chi connectivity index (χ1) is 11.1. The van der Waals surface area contributed by atoms with Gasteiger partial charge in [0.2, 0.25) is 5.91 Å². The van der Waals surface area contributed by atoms with E-state index in [4.69, 9.17) is 27.9 Å². The minimum absolute atomic E-state index is 0.106. The van der Waals surface area contributed by atoms with Gasteiger partial charge in [-0.25, -0.2) is 0 Å². The molecule has 7 heteroatoms. The van der Waals surface area contributed by atoms with Gasteiger partial charge in [-0.15, -0.1) is 0 Å². The maximum atomic E-state index is 12.0. The number of rotatable bonds is 7. The third-order valence-corrected chi connectivity index (χ3v) is 5.20. The van der Waals surface area contributed by atoms with Gasteiger partial charge in [0.05, 0.1) is 26.9 Å². The van der Waals surface area contributed by atoms with Crippen molar-refractivity contribution in [2.24, 2.45) is 4.99 Å². The van der Waals surface area contributed by atoms with Crippen LogP contribution in [0.25, 0.3) is 10.2 Å². The second-order valence-corrected chi connectivity index (χ2v) is 6.84. The van der Waals surface area contributed by atoms with Crippen LogP contribution >= 0.6 is 34.5 Å². The number of thiazole rings is 1. The summed E-state index contributed by atoms with van der Waals surface area (Å²) in [6, 6.07) is 3.67. The first kappa shape index (κ1) is 18.5. The van der Waals surface area contributed by atoms with E-state index >= 15 is 0 Å². The molecule has 0 aliphatic rings. The largest absolute Gasteiger partial charge is 0.380 e. The predicted octanol–water partition coefficient (Wildman–Crippen LogP) is 4.66. The molecule has 0 aliphatic heterocycles. The minimum Gasteiger partial charge on any atom is -0.380 e. The summed E-state index contributed by atoms with van der Waals surface area (Å²) in [6.45, 7) is 5.74. The summed E-state index contributed by atoms with van der Waals surface area (Å²) in [5.74, 6) is -0.106. The molecule has 4 nitrogen and oxygen atoms in total. The monoisotopic (exact) mass is 374 g/mol. The molecular formula is C16H20Cl2N2O2S. The molecular weight excluding hydrogens is 355 g/mol. The fraction of sp³-hybridized carbons (Fsp3) is 0.500.